The highest BCUT2D eigenvalue weighted by atomic mass is 19.1. The first kappa shape index (κ1) is 17.3. The number of hydrogen-bond acceptors (Lipinski definition) is 6. The molecule has 142 valence electrons. The number of rotatable bonds is 4. The highest BCUT2D eigenvalue weighted by Crippen LogP contribution is 2.44. The van der Waals surface area contributed by atoms with Gasteiger partial charge >= 0.3 is 5.97 Å². The lowest BCUT2D eigenvalue weighted by Crippen LogP contribution is -2.24. The second-order valence-electron chi connectivity index (χ2n) is 6.79. The minimum atomic E-state index is -1.34. The molecule has 2 aromatic rings. The number of carboxylic acid groups (broad SMARTS) is 1. The molecule has 2 N–H and O–H groups in total. The third kappa shape index (κ3) is 2.70. The standard InChI is InChI=1S/C18H18FN3O5/c1-27-17-14-11(6-13(19)15(17)21-5-4-9(7-21)20-26)16(23)12(18(24)25)8-22(14)10-2-3-10/h6,8,10,26H,2-5,7H2,1H3,(H,24,25). The van der Waals surface area contributed by atoms with Crippen molar-refractivity contribution in [2.24, 2.45) is 5.16 Å². The first-order chi connectivity index (χ1) is 13.0. The second kappa shape index (κ2) is 6.26. The van der Waals surface area contributed by atoms with Gasteiger partial charge in [0.1, 0.15) is 11.3 Å². The summed E-state index contributed by atoms with van der Waals surface area (Å²) < 4.78 is 22.2. The molecule has 0 unspecified atom stereocenters. The number of carboxylic acids is 1. The van der Waals surface area contributed by atoms with E-state index < -0.39 is 17.2 Å². The normalized spacial score (nSPS) is 18.4. The Bertz CT molecular complexity index is 1040. The van der Waals surface area contributed by atoms with Gasteiger partial charge in [-0.2, -0.15) is 0 Å². The summed E-state index contributed by atoms with van der Waals surface area (Å²) in [4.78, 5) is 25.8. The molecule has 1 aliphatic heterocycles. The third-order valence-electron chi connectivity index (χ3n) is 5.07. The zero-order chi connectivity index (χ0) is 19.3. The van der Waals surface area contributed by atoms with Crippen LogP contribution in [-0.2, 0) is 0 Å². The summed E-state index contributed by atoms with van der Waals surface area (Å²) in [6.07, 6.45) is 3.50. The predicted molar refractivity (Wildman–Crippen MR) is 96.0 cm³/mol. The minimum Gasteiger partial charge on any atom is -0.492 e. The number of carbonyl (C=O) groups is 1. The molecule has 1 aromatic carbocycles. The van der Waals surface area contributed by atoms with Crippen LogP contribution < -0.4 is 15.1 Å². The van der Waals surface area contributed by atoms with Crippen molar-refractivity contribution < 1.29 is 24.2 Å². The number of aromatic carboxylic acids is 1. The van der Waals surface area contributed by atoms with Crippen molar-refractivity contribution in [3.63, 3.8) is 0 Å². The van der Waals surface area contributed by atoms with Crippen molar-refractivity contribution in [3.8, 4) is 5.75 Å². The van der Waals surface area contributed by atoms with Gasteiger partial charge in [0, 0.05) is 25.2 Å². The first-order valence-electron chi connectivity index (χ1n) is 8.59. The van der Waals surface area contributed by atoms with Crippen LogP contribution in [0.2, 0.25) is 0 Å². The lowest BCUT2D eigenvalue weighted by molar-refractivity contribution is 0.0695. The van der Waals surface area contributed by atoms with Crippen LogP contribution in [0.1, 0.15) is 35.7 Å². The van der Waals surface area contributed by atoms with E-state index in [0.717, 1.165) is 18.9 Å². The zero-order valence-corrected chi connectivity index (χ0v) is 14.6. The van der Waals surface area contributed by atoms with E-state index in [4.69, 9.17) is 9.94 Å². The third-order valence-corrected chi connectivity index (χ3v) is 5.07. The fraction of sp³-hybridized carbons (Fsp3) is 0.389. The van der Waals surface area contributed by atoms with Crippen LogP contribution in [0.3, 0.4) is 0 Å². The molecule has 0 amide bonds. The number of anilines is 1. The van der Waals surface area contributed by atoms with E-state index in [9.17, 15) is 19.1 Å². The van der Waals surface area contributed by atoms with E-state index >= 15 is 0 Å². The summed E-state index contributed by atoms with van der Waals surface area (Å²) in [5, 5.41) is 21.5. The average molecular weight is 375 g/mol. The van der Waals surface area contributed by atoms with E-state index in [2.05, 4.69) is 5.16 Å². The number of methoxy groups -OCH3 is 1. The topological polar surface area (TPSA) is 104 Å². The number of oxime groups is 1. The van der Waals surface area contributed by atoms with Crippen molar-refractivity contribution in [2.75, 3.05) is 25.1 Å². The molecule has 2 fully saturated rings. The van der Waals surface area contributed by atoms with Gasteiger partial charge in [-0.1, -0.05) is 5.16 Å². The van der Waals surface area contributed by atoms with Gasteiger partial charge in [0.15, 0.2) is 11.6 Å². The quantitative estimate of drug-likeness (QED) is 0.627. The molecular weight excluding hydrogens is 357 g/mol. The SMILES string of the molecule is COc1c(N2CCC(=NO)C2)c(F)cc2c(=O)c(C(=O)O)cn(C3CC3)c12. The molecule has 9 heteroatoms. The number of ether oxygens (including phenoxy) is 1. The molecule has 1 saturated carbocycles. The molecular formula is C18H18FN3O5. The van der Waals surface area contributed by atoms with E-state index in [-0.39, 0.29) is 35.0 Å². The minimum absolute atomic E-state index is 0.0184. The van der Waals surface area contributed by atoms with Crippen molar-refractivity contribution >= 4 is 28.3 Å². The molecule has 1 aromatic heterocycles. The second-order valence-corrected chi connectivity index (χ2v) is 6.79. The summed E-state index contributed by atoms with van der Waals surface area (Å²) in [7, 11) is 1.39. The Morgan fingerprint density at radius 3 is 2.70 bits per heavy atom. The van der Waals surface area contributed by atoms with E-state index in [0.29, 0.717) is 24.2 Å². The molecule has 0 spiro atoms. The van der Waals surface area contributed by atoms with Gasteiger partial charge in [-0.3, -0.25) is 4.79 Å². The van der Waals surface area contributed by atoms with Gasteiger partial charge in [-0.25, -0.2) is 9.18 Å². The number of halogens is 1. The Morgan fingerprint density at radius 1 is 1.41 bits per heavy atom. The maximum absolute atomic E-state index is 15.0. The maximum Gasteiger partial charge on any atom is 0.341 e. The molecule has 27 heavy (non-hydrogen) atoms. The van der Waals surface area contributed by atoms with Gasteiger partial charge in [0.25, 0.3) is 0 Å². The smallest absolute Gasteiger partial charge is 0.341 e. The van der Waals surface area contributed by atoms with Gasteiger partial charge < -0.3 is 24.5 Å². The summed E-state index contributed by atoms with van der Waals surface area (Å²) in [6.45, 7) is 0.690. The van der Waals surface area contributed by atoms with Crippen molar-refractivity contribution in [1.82, 2.24) is 4.57 Å². The number of pyridine rings is 1. The van der Waals surface area contributed by atoms with Crippen LogP contribution in [0.15, 0.2) is 22.2 Å². The maximum atomic E-state index is 15.0. The number of benzene rings is 1. The Balaban J connectivity index is 2.04. The number of aromatic nitrogens is 1. The Kier molecular flexibility index (Phi) is 4.01. The molecule has 4 rings (SSSR count). The fourth-order valence-corrected chi connectivity index (χ4v) is 3.64. The Hall–Kier alpha value is -3.10. The highest BCUT2D eigenvalue weighted by molar-refractivity contribution is 5.99. The summed E-state index contributed by atoms with van der Waals surface area (Å²) in [5.74, 6) is -1.84. The molecule has 0 atom stereocenters. The highest BCUT2D eigenvalue weighted by Gasteiger charge is 2.32. The van der Waals surface area contributed by atoms with Crippen LogP contribution in [0.25, 0.3) is 10.9 Å². The van der Waals surface area contributed by atoms with Crippen molar-refractivity contribution in [2.45, 2.75) is 25.3 Å². The van der Waals surface area contributed by atoms with Gasteiger partial charge in [-0.15, -0.1) is 0 Å². The average Bonchev–Trinajstić information content (AvgIpc) is 3.38. The molecule has 8 nitrogen and oxygen atoms in total. The fourth-order valence-electron chi connectivity index (χ4n) is 3.64. The van der Waals surface area contributed by atoms with Crippen molar-refractivity contribution in [3.05, 3.63) is 33.9 Å². The van der Waals surface area contributed by atoms with Crippen LogP contribution >= 0.6 is 0 Å². The van der Waals surface area contributed by atoms with E-state index in [1.807, 2.05) is 0 Å². The number of nitrogens with zero attached hydrogens (tertiary/aromatic N) is 3. The monoisotopic (exact) mass is 375 g/mol. The van der Waals surface area contributed by atoms with Crippen LogP contribution in [-0.4, -0.2) is 46.8 Å². The largest absolute Gasteiger partial charge is 0.492 e. The first-order valence-corrected chi connectivity index (χ1v) is 8.59. The number of fused-ring (bicyclic) bond motifs is 1. The van der Waals surface area contributed by atoms with Gasteiger partial charge in [-0.05, 0) is 18.9 Å². The summed E-state index contributed by atoms with van der Waals surface area (Å²) >= 11 is 0. The molecule has 1 aliphatic carbocycles. The zero-order valence-electron chi connectivity index (χ0n) is 14.6. The molecule has 1 saturated heterocycles. The van der Waals surface area contributed by atoms with Crippen LogP contribution in [0.4, 0.5) is 10.1 Å². The summed E-state index contributed by atoms with van der Waals surface area (Å²) in [5.41, 5.74) is -0.0321. The lowest BCUT2D eigenvalue weighted by atomic mass is 10.1. The molecule has 2 heterocycles. The van der Waals surface area contributed by atoms with E-state index in [1.165, 1.54) is 13.3 Å². The van der Waals surface area contributed by atoms with E-state index in [1.54, 1.807) is 9.47 Å². The Labute approximate surface area is 153 Å². The van der Waals surface area contributed by atoms with Gasteiger partial charge in [0.2, 0.25) is 5.43 Å². The predicted octanol–water partition coefficient (Wildman–Crippen LogP) is 2.22. The van der Waals surface area contributed by atoms with Gasteiger partial charge in [0.05, 0.1) is 30.3 Å². The Morgan fingerprint density at radius 2 is 2.15 bits per heavy atom. The van der Waals surface area contributed by atoms with Crippen LogP contribution in [0.5, 0.6) is 5.75 Å². The molecule has 0 radical (unpaired) electrons. The summed E-state index contributed by atoms with van der Waals surface area (Å²) in [6, 6.07) is 1.13. The van der Waals surface area contributed by atoms with Crippen molar-refractivity contribution in [1.29, 1.82) is 0 Å². The lowest BCUT2D eigenvalue weighted by Gasteiger charge is -2.24. The molecule has 0 bridgehead atoms. The number of hydrogen-bond donors (Lipinski definition) is 2. The van der Waals surface area contributed by atoms with Crippen LogP contribution in [0, 0.1) is 5.82 Å². The molecule has 2 aliphatic rings.